The van der Waals surface area contributed by atoms with Gasteiger partial charge in [0.05, 0.1) is 17.4 Å². The highest BCUT2D eigenvalue weighted by molar-refractivity contribution is 6.60. The van der Waals surface area contributed by atoms with E-state index in [0.29, 0.717) is 17.0 Å². The summed E-state index contributed by atoms with van der Waals surface area (Å²) in [5.41, 5.74) is 3.27. The van der Waals surface area contributed by atoms with Gasteiger partial charge in [-0.1, -0.05) is 41.4 Å². The minimum atomic E-state index is -0.499. The summed E-state index contributed by atoms with van der Waals surface area (Å²) in [5, 5.41) is -0.0625. The fourth-order valence-electron chi connectivity index (χ4n) is 3.00. The lowest BCUT2D eigenvalue weighted by atomic mass is 10.1. The molecule has 0 bridgehead atoms. The minimum Gasteiger partial charge on any atom is -0.491 e. The summed E-state index contributed by atoms with van der Waals surface area (Å²) in [5.74, 6) is -0.214. The van der Waals surface area contributed by atoms with Crippen LogP contribution in [0, 0.1) is 13.8 Å². The van der Waals surface area contributed by atoms with Crippen LogP contribution in [0.25, 0.3) is 5.57 Å². The van der Waals surface area contributed by atoms with Gasteiger partial charge in [-0.2, -0.15) is 0 Å². The number of amides is 2. The van der Waals surface area contributed by atoms with Crippen molar-refractivity contribution >= 4 is 34.7 Å². The highest BCUT2D eigenvalue weighted by Crippen LogP contribution is 2.36. The van der Waals surface area contributed by atoms with Crippen LogP contribution in [0.2, 0.25) is 0 Å². The molecular formula is C21H20ClNO3. The molecule has 0 aliphatic carbocycles. The van der Waals surface area contributed by atoms with Crippen molar-refractivity contribution < 1.29 is 14.3 Å². The number of carbonyl (C=O) groups excluding carboxylic acids is 2. The molecular weight excluding hydrogens is 350 g/mol. The van der Waals surface area contributed by atoms with Crippen molar-refractivity contribution in [3.63, 3.8) is 0 Å². The average molecular weight is 370 g/mol. The normalized spacial score (nSPS) is 14.6. The predicted octanol–water partition coefficient (Wildman–Crippen LogP) is 4.61. The predicted molar refractivity (Wildman–Crippen MR) is 103 cm³/mol. The van der Waals surface area contributed by atoms with Gasteiger partial charge in [0, 0.05) is 0 Å². The van der Waals surface area contributed by atoms with Crippen molar-refractivity contribution in [2.45, 2.75) is 33.8 Å². The summed E-state index contributed by atoms with van der Waals surface area (Å²) < 4.78 is 5.61. The molecule has 5 heteroatoms. The Labute approximate surface area is 158 Å². The van der Waals surface area contributed by atoms with E-state index < -0.39 is 11.8 Å². The second-order valence-corrected chi connectivity index (χ2v) is 6.99. The van der Waals surface area contributed by atoms with Crippen LogP contribution in [-0.2, 0) is 9.59 Å². The molecule has 4 nitrogen and oxygen atoms in total. The van der Waals surface area contributed by atoms with Crippen molar-refractivity contribution in [2.24, 2.45) is 0 Å². The first kappa shape index (κ1) is 18.2. The average Bonchev–Trinajstić information content (AvgIpc) is 2.78. The van der Waals surface area contributed by atoms with E-state index in [1.807, 2.05) is 39.8 Å². The zero-order chi connectivity index (χ0) is 19.0. The largest absolute Gasteiger partial charge is 0.491 e. The molecule has 0 saturated heterocycles. The maximum Gasteiger partial charge on any atom is 0.277 e. The van der Waals surface area contributed by atoms with Crippen molar-refractivity contribution in [3.05, 3.63) is 64.2 Å². The smallest absolute Gasteiger partial charge is 0.277 e. The Morgan fingerprint density at radius 3 is 2.19 bits per heavy atom. The number of aryl methyl sites for hydroxylation is 2. The molecule has 134 valence electrons. The van der Waals surface area contributed by atoms with E-state index in [2.05, 4.69) is 0 Å². The topological polar surface area (TPSA) is 46.6 Å². The number of benzene rings is 2. The minimum absolute atomic E-state index is 0.0540. The number of ether oxygens (including phenoxy) is 1. The number of anilines is 1. The molecule has 0 N–H and O–H groups in total. The van der Waals surface area contributed by atoms with Crippen LogP contribution in [0.4, 0.5) is 5.69 Å². The number of rotatable bonds is 4. The number of imide groups is 1. The molecule has 2 aromatic carbocycles. The number of halogens is 1. The third kappa shape index (κ3) is 3.25. The molecule has 3 rings (SSSR count). The van der Waals surface area contributed by atoms with Gasteiger partial charge in [-0.05, 0) is 57.0 Å². The lowest BCUT2D eigenvalue weighted by molar-refractivity contribution is -0.119. The SMILES string of the molecule is Cc1ccc(N2C(=O)C(Cl)=C(c3ccc(OC(C)C)cc3)C2=O)c(C)c1. The number of hydrogen-bond acceptors (Lipinski definition) is 3. The Balaban J connectivity index is 1.96. The van der Waals surface area contributed by atoms with E-state index in [0.717, 1.165) is 16.0 Å². The van der Waals surface area contributed by atoms with Gasteiger partial charge in [-0.15, -0.1) is 0 Å². The zero-order valence-corrected chi connectivity index (χ0v) is 15.9. The molecule has 0 saturated carbocycles. The number of hydrogen-bond donors (Lipinski definition) is 0. The quantitative estimate of drug-likeness (QED) is 0.739. The van der Waals surface area contributed by atoms with Gasteiger partial charge in [-0.3, -0.25) is 9.59 Å². The fraction of sp³-hybridized carbons (Fsp3) is 0.238. The van der Waals surface area contributed by atoms with Gasteiger partial charge in [0.25, 0.3) is 11.8 Å². The molecule has 0 fully saturated rings. The van der Waals surface area contributed by atoms with Crippen LogP contribution in [0.5, 0.6) is 5.75 Å². The third-order valence-electron chi connectivity index (χ3n) is 4.14. The highest BCUT2D eigenvalue weighted by atomic mass is 35.5. The van der Waals surface area contributed by atoms with E-state index in [-0.39, 0.29) is 16.7 Å². The van der Waals surface area contributed by atoms with Crippen LogP contribution in [0.3, 0.4) is 0 Å². The fourth-order valence-corrected chi connectivity index (χ4v) is 3.28. The Bertz CT molecular complexity index is 913. The lowest BCUT2D eigenvalue weighted by Crippen LogP contribution is -2.31. The van der Waals surface area contributed by atoms with Gasteiger partial charge in [0.15, 0.2) is 0 Å². The maximum atomic E-state index is 13.0. The van der Waals surface area contributed by atoms with E-state index in [1.165, 1.54) is 0 Å². The van der Waals surface area contributed by atoms with Gasteiger partial charge < -0.3 is 4.74 Å². The van der Waals surface area contributed by atoms with Gasteiger partial charge in [-0.25, -0.2) is 4.90 Å². The number of carbonyl (C=O) groups is 2. The van der Waals surface area contributed by atoms with Gasteiger partial charge in [0.1, 0.15) is 10.8 Å². The van der Waals surface area contributed by atoms with E-state index in [9.17, 15) is 9.59 Å². The van der Waals surface area contributed by atoms with Crippen molar-refractivity contribution in [3.8, 4) is 5.75 Å². The second-order valence-electron chi connectivity index (χ2n) is 6.62. The molecule has 1 aliphatic rings. The van der Waals surface area contributed by atoms with Crippen molar-refractivity contribution in [2.75, 3.05) is 4.90 Å². The van der Waals surface area contributed by atoms with Gasteiger partial charge in [0.2, 0.25) is 0 Å². The summed E-state index contributed by atoms with van der Waals surface area (Å²) in [7, 11) is 0. The molecule has 1 aliphatic heterocycles. The standard InChI is InChI=1S/C21H20ClNO3/c1-12(2)26-16-8-6-15(7-9-16)18-19(22)21(25)23(20(18)24)17-10-5-13(3)11-14(17)4/h5-12H,1-4H3. The Morgan fingerprint density at radius 1 is 0.962 bits per heavy atom. The Kier molecular flexibility index (Phi) is 4.88. The van der Waals surface area contributed by atoms with E-state index in [1.54, 1.807) is 30.3 Å². The molecule has 2 amide bonds. The van der Waals surface area contributed by atoms with Crippen molar-refractivity contribution in [1.82, 2.24) is 0 Å². The first-order valence-corrected chi connectivity index (χ1v) is 8.80. The lowest BCUT2D eigenvalue weighted by Gasteiger charge is -2.18. The van der Waals surface area contributed by atoms with Crippen LogP contribution < -0.4 is 9.64 Å². The molecule has 0 aromatic heterocycles. The third-order valence-corrected chi connectivity index (χ3v) is 4.49. The Morgan fingerprint density at radius 2 is 1.62 bits per heavy atom. The van der Waals surface area contributed by atoms with Crippen LogP contribution in [-0.4, -0.2) is 17.9 Å². The van der Waals surface area contributed by atoms with Crippen LogP contribution >= 0.6 is 11.6 Å². The monoisotopic (exact) mass is 369 g/mol. The molecule has 26 heavy (non-hydrogen) atoms. The highest BCUT2D eigenvalue weighted by Gasteiger charge is 2.39. The Hall–Kier alpha value is -2.59. The first-order valence-electron chi connectivity index (χ1n) is 8.42. The molecule has 0 radical (unpaired) electrons. The number of nitrogens with zero attached hydrogens (tertiary/aromatic N) is 1. The molecule has 0 unspecified atom stereocenters. The van der Waals surface area contributed by atoms with Gasteiger partial charge >= 0.3 is 0 Å². The summed E-state index contributed by atoms with van der Waals surface area (Å²) in [4.78, 5) is 26.7. The molecule has 1 heterocycles. The molecule has 0 atom stereocenters. The molecule has 2 aromatic rings. The second kappa shape index (κ2) is 6.96. The van der Waals surface area contributed by atoms with E-state index >= 15 is 0 Å². The molecule has 0 spiro atoms. The summed E-state index contributed by atoms with van der Waals surface area (Å²) in [6.07, 6.45) is 0.0540. The van der Waals surface area contributed by atoms with E-state index in [4.69, 9.17) is 16.3 Å². The van der Waals surface area contributed by atoms with Crippen molar-refractivity contribution in [1.29, 1.82) is 0 Å². The first-order chi connectivity index (χ1) is 12.3. The maximum absolute atomic E-state index is 13.0. The summed E-state index contributed by atoms with van der Waals surface area (Å²) in [6, 6.07) is 12.6. The summed E-state index contributed by atoms with van der Waals surface area (Å²) >= 11 is 6.25. The van der Waals surface area contributed by atoms with Crippen LogP contribution in [0.15, 0.2) is 47.5 Å². The zero-order valence-electron chi connectivity index (χ0n) is 15.2. The van der Waals surface area contributed by atoms with Crippen LogP contribution in [0.1, 0.15) is 30.5 Å². The summed E-state index contributed by atoms with van der Waals surface area (Å²) in [6.45, 7) is 7.71.